The van der Waals surface area contributed by atoms with Crippen LogP contribution in [0.3, 0.4) is 0 Å². The second kappa shape index (κ2) is 6.37. The summed E-state index contributed by atoms with van der Waals surface area (Å²) < 4.78 is 1.81. The number of aromatic hydroxyl groups is 1. The Bertz CT molecular complexity index is 855. The summed E-state index contributed by atoms with van der Waals surface area (Å²) in [6.45, 7) is 5.75. The number of benzene rings is 1. The van der Waals surface area contributed by atoms with Gasteiger partial charge in [0.15, 0.2) is 0 Å². The van der Waals surface area contributed by atoms with Crippen molar-refractivity contribution in [1.29, 1.82) is 0 Å². The van der Waals surface area contributed by atoms with Crippen LogP contribution in [0, 0.1) is 5.92 Å². The van der Waals surface area contributed by atoms with Gasteiger partial charge in [-0.15, -0.1) is 0 Å². The third kappa shape index (κ3) is 2.65. The fourth-order valence-electron chi connectivity index (χ4n) is 5.52. The second-order valence-electron chi connectivity index (χ2n) is 8.10. The molecule has 1 aromatic carbocycles. The summed E-state index contributed by atoms with van der Waals surface area (Å²) in [7, 11) is 0. The molecule has 6 heteroatoms. The molecule has 0 saturated carbocycles. The Balaban J connectivity index is 1.51. The van der Waals surface area contributed by atoms with Gasteiger partial charge in [-0.25, -0.2) is 0 Å². The zero-order valence-corrected chi connectivity index (χ0v) is 15.7. The Morgan fingerprint density at radius 1 is 1.26 bits per heavy atom. The van der Waals surface area contributed by atoms with Crippen LogP contribution >= 0.6 is 0 Å². The number of amides is 1. The van der Waals surface area contributed by atoms with Gasteiger partial charge in [0.2, 0.25) is 0 Å². The maximum atomic E-state index is 13.4. The van der Waals surface area contributed by atoms with Gasteiger partial charge in [0, 0.05) is 31.2 Å². The molecule has 4 saturated heterocycles. The van der Waals surface area contributed by atoms with Crippen molar-refractivity contribution in [3.63, 3.8) is 0 Å². The van der Waals surface area contributed by atoms with Crippen molar-refractivity contribution in [3.05, 3.63) is 47.8 Å². The maximum Gasteiger partial charge on any atom is 0.257 e. The molecule has 3 atom stereocenters. The fraction of sp³-hybridized carbons (Fsp3) is 0.524. The molecule has 1 amide bonds. The Labute approximate surface area is 159 Å². The number of hydrogen-bond acceptors (Lipinski definition) is 4. The first-order chi connectivity index (χ1) is 13.2. The van der Waals surface area contributed by atoms with Gasteiger partial charge in [0.25, 0.3) is 5.91 Å². The molecule has 2 aromatic rings. The quantitative estimate of drug-likeness (QED) is 0.906. The van der Waals surface area contributed by atoms with E-state index >= 15 is 0 Å². The van der Waals surface area contributed by atoms with Gasteiger partial charge in [0.1, 0.15) is 5.75 Å². The molecule has 6 nitrogen and oxygen atoms in total. The van der Waals surface area contributed by atoms with Crippen LogP contribution in [0.2, 0.25) is 0 Å². The number of carbonyl (C=O) groups is 1. The van der Waals surface area contributed by atoms with Crippen LogP contribution in [0.4, 0.5) is 0 Å². The van der Waals surface area contributed by atoms with E-state index in [4.69, 9.17) is 0 Å². The lowest BCUT2D eigenvalue weighted by atomic mass is 9.75. The summed E-state index contributed by atoms with van der Waals surface area (Å²) in [6.07, 6.45) is 5.90. The molecule has 4 fully saturated rings. The Morgan fingerprint density at radius 2 is 2.07 bits per heavy atom. The molecule has 0 spiro atoms. The fourth-order valence-corrected chi connectivity index (χ4v) is 5.52. The smallest absolute Gasteiger partial charge is 0.257 e. The molecule has 6 rings (SSSR count). The highest BCUT2D eigenvalue weighted by Crippen LogP contribution is 2.47. The predicted octanol–water partition coefficient (Wildman–Crippen LogP) is 2.31. The van der Waals surface area contributed by atoms with Crippen LogP contribution in [0.25, 0.3) is 0 Å². The number of phenols is 1. The number of hydrogen-bond donors (Lipinski definition) is 1. The van der Waals surface area contributed by atoms with Crippen molar-refractivity contribution < 1.29 is 9.90 Å². The molecule has 4 aliphatic rings. The predicted molar refractivity (Wildman–Crippen MR) is 102 cm³/mol. The van der Waals surface area contributed by atoms with Crippen LogP contribution in [0.15, 0.2) is 36.7 Å². The average Bonchev–Trinajstić information content (AvgIpc) is 3.34. The SMILES string of the molecule is CCn1cc(C(=O)N2CC(c3cccc(O)c3)C3C2C2CCN3CC2)cn1. The summed E-state index contributed by atoms with van der Waals surface area (Å²) in [5.41, 5.74) is 1.82. The van der Waals surface area contributed by atoms with Gasteiger partial charge in [-0.3, -0.25) is 14.4 Å². The average molecular weight is 366 g/mol. The molecule has 1 N–H and O–H groups in total. The minimum absolute atomic E-state index is 0.0982. The van der Waals surface area contributed by atoms with Crippen molar-refractivity contribution in [2.75, 3.05) is 19.6 Å². The monoisotopic (exact) mass is 366 g/mol. The minimum atomic E-state index is 0.0982. The van der Waals surface area contributed by atoms with Crippen LogP contribution in [0.1, 0.15) is 41.6 Å². The first-order valence-electron chi connectivity index (χ1n) is 10.0. The number of aryl methyl sites for hydroxylation is 1. The number of fused-ring (bicyclic) bond motifs is 2. The van der Waals surface area contributed by atoms with Crippen molar-refractivity contribution in [2.45, 2.75) is 44.3 Å². The molecule has 27 heavy (non-hydrogen) atoms. The molecule has 142 valence electrons. The minimum Gasteiger partial charge on any atom is -0.508 e. The lowest BCUT2D eigenvalue weighted by Gasteiger charge is -2.51. The van der Waals surface area contributed by atoms with E-state index < -0.39 is 0 Å². The van der Waals surface area contributed by atoms with E-state index in [1.165, 1.54) is 12.8 Å². The highest BCUT2D eigenvalue weighted by atomic mass is 16.3. The number of likely N-dealkylation sites (tertiary alicyclic amines) is 1. The van der Waals surface area contributed by atoms with E-state index in [1.807, 2.05) is 29.9 Å². The lowest BCUT2D eigenvalue weighted by molar-refractivity contribution is -0.00342. The van der Waals surface area contributed by atoms with Gasteiger partial charge in [0.05, 0.1) is 17.8 Å². The zero-order valence-electron chi connectivity index (χ0n) is 15.7. The molecule has 2 bridgehead atoms. The van der Waals surface area contributed by atoms with E-state index in [2.05, 4.69) is 21.0 Å². The standard InChI is InChI=1S/C21H26N4O2/c1-2-24-12-16(11-22-24)21(27)25-13-18(15-4-3-5-17(26)10-15)20-19(25)14-6-8-23(20)9-7-14/h3-5,10-12,14,18-20,26H,2,6-9,13H2,1H3. The van der Waals surface area contributed by atoms with Crippen LogP contribution < -0.4 is 0 Å². The van der Waals surface area contributed by atoms with Crippen molar-refractivity contribution >= 4 is 5.91 Å². The summed E-state index contributed by atoms with van der Waals surface area (Å²) >= 11 is 0. The van der Waals surface area contributed by atoms with Crippen molar-refractivity contribution in [3.8, 4) is 5.75 Å². The topological polar surface area (TPSA) is 61.6 Å². The molecule has 4 aliphatic heterocycles. The van der Waals surface area contributed by atoms with Gasteiger partial charge < -0.3 is 10.0 Å². The van der Waals surface area contributed by atoms with Gasteiger partial charge >= 0.3 is 0 Å². The van der Waals surface area contributed by atoms with Gasteiger partial charge in [-0.1, -0.05) is 12.1 Å². The third-order valence-corrected chi connectivity index (χ3v) is 6.76. The Kier molecular flexibility index (Phi) is 3.97. The van der Waals surface area contributed by atoms with Crippen molar-refractivity contribution in [1.82, 2.24) is 19.6 Å². The third-order valence-electron chi connectivity index (χ3n) is 6.76. The molecule has 1 aromatic heterocycles. The van der Waals surface area contributed by atoms with Crippen molar-refractivity contribution in [2.24, 2.45) is 5.92 Å². The van der Waals surface area contributed by atoms with Crippen LogP contribution in [-0.2, 0) is 6.54 Å². The number of carbonyl (C=O) groups excluding carboxylic acids is 1. The zero-order chi connectivity index (χ0) is 18.5. The first kappa shape index (κ1) is 16.8. The van der Waals surface area contributed by atoms with E-state index in [1.54, 1.807) is 12.3 Å². The second-order valence-corrected chi connectivity index (χ2v) is 8.10. The molecule has 0 aliphatic carbocycles. The highest BCUT2D eigenvalue weighted by molar-refractivity contribution is 5.94. The number of nitrogens with zero attached hydrogens (tertiary/aromatic N) is 4. The molecule has 5 heterocycles. The summed E-state index contributed by atoms with van der Waals surface area (Å²) in [6, 6.07) is 8.20. The van der Waals surface area contributed by atoms with Gasteiger partial charge in [-0.05, 0) is 56.5 Å². The molecule has 0 radical (unpaired) electrons. The number of piperidine rings is 3. The molecular formula is C21H26N4O2. The lowest BCUT2D eigenvalue weighted by Crippen LogP contribution is -2.60. The maximum absolute atomic E-state index is 13.4. The summed E-state index contributed by atoms with van der Waals surface area (Å²) in [4.78, 5) is 18.0. The number of rotatable bonds is 3. The number of phenolic OH excluding ortho intramolecular Hbond substituents is 1. The number of aromatic nitrogens is 2. The first-order valence-corrected chi connectivity index (χ1v) is 10.0. The van der Waals surface area contributed by atoms with E-state index in [0.717, 1.165) is 25.2 Å². The summed E-state index contributed by atoms with van der Waals surface area (Å²) in [5.74, 6) is 1.22. The summed E-state index contributed by atoms with van der Waals surface area (Å²) in [5, 5.41) is 14.3. The normalized spacial score (nSPS) is 31.9. The van der Waals surface area contributed by atoms with Crippen LogP contribution in [0.5, 0.6) is 5.75 Å². The largest absolute Gasteiger partial charge is 0.508 e. The molecular weight excluding hydrogens is 340 g/mol. The Morgan fingerprint density at radius 3 is 2.78 bits per heavy atom. The van der Waals surface area contributed by atoms with E-state index in [-0.39, 0.29) is 17.9 Å². The Hall–Kier alpha value is -2.34. The molecule has 3 unspecified atom stereocenters. The van der Waals surface area contributed by atoms with Gasteiger partial charge in [-0.2, -0.15) is 5.10 Å². The van der Waals surface area contributed by atoms with Crippen LogP contribution in [-0.4, -0.2) is 62.3 Å². The van der Waals surface area contributed by atoms with E-state index in [0.29, 0.717) is 29.8 Å². The van der Waals surface area contributed by atoms with E-state index in [9.17, 15) is 9.90 Å². The highest BCUT2D eigenvalue weighted by Gasteiger charge is 2.54.